The summed E-state index contributed by atoms with van der Waals surface area (Å²) < 4.78 is 0. The first-order valence-corrected chi connectivity index (χ1v) is 1.49. The molecule has 0 aromatic heterocycles. The van der Waals surface area contributed by atoms with Crippen LogP contribution in [0.1, 0.15) is 0 Å². The van der Waals surface area contributed by atoms with Gasteiger partial charge in [-0.25, -0.2) is 0 Å². The first kappa shape index (κ1) is 9.71. The molecule has 0 rings (SSSR count). The summed E-state index contributed by atoms with van der Waals surface area (Å²) in [6.45, 7) is 0. The van der Waals surface area contributed by atoms with E-state index in [1.54, 1.807) is 12.2 Å². The van der Waals surface area contributed by atoms with Crippen molar-refractivity contribution in [1.29, 1.82) is 0 Å². The van der Waals surface area contributed by atoms with Gasteiger partial charge in [0.05, 0.1) is 7.11 Å². The molecule has 0 bridgehead atoms. The Hall–Kier alpha value is 0.504. The van der Waals surface area contributed by atoms with Crippen molar-refractivity contribution in [2.45, 2.75) is 0 Å². The molecular formula is C3H9NOV. The predicted molar refractivity (Wildman–Crippen MR) is 20.7 cm³/mol. The number of nitrogens with zero attached hydrogens (tertiary/aromatic N) is 1. The molecule has 0 atom stereocenters. The van der Waals surface area contributed by atoms with Crippen LogP contribution in [-0.4, -0.2) is 26.3 Å². The first-order valence-electron chi connectivity index (χ1n) is 1.49. The van der Waals surface area contributed by atoms with Crippen LogP contribution in [-0.2, 0) is 23.4 Å². The Labute approximate surface area is 50.3 Å². The van der Waals surface area contributed by atoms with Gasteiger partial charge in [0.15, 0.2) is 0 Å². The van der Waals surface area contributed by atoms with Gasteiger partial charge >= 0.3 is 0 Å². The van der Waals surface area contributed by atoms with E-state index in [1.807, 2.05) is 14.1 Å². The molecule has 0 fully saturated rings. The summed E-state index contributed by atoms with van der Waals surface area (Å²) in [6, 6.07) is 0. The summed E-state index contributed by atoms with van der Waals surface area (Å²) in [6.07, 6.45) is 0. The van der Waals surface area contributed by atoms with Gasteiger partial charge in [-0.1, -0.05) is 0 Å². The molecule has 0 aromatic rings. The van der Waals surface area contributed by atoms with Gasteiger partial charge in [-0.2, -0.15) is 5.06 Å². The fourth-order valence-corrected chi connectivity index (χ4v) is 0. The Morgan fingerprint density at radius 2 is 1.50 bits per heavy atom. The summed E-state index contributed by atoms with van der Waals surface area (Å²) in [7, 11) is 5.29. The minimum Gasteiger partial charge on any atom is -0.303 e. The maximum Gasteiger partial charge on any atom is 0.0574 e. The van der Waals surface area contributed by atoms with Gasteiger partial charge in [-0.05, 0) is 0 Å². The van der Waals surface area contributed by atoms with Gasteiger partial charge in [0, 0.05) is 32.7 Å². The smallest absolute Gasteiger partial charge is 0.0574 e. The van der Waals surface area contributed by atoms with Crippen molar-refractivity contribution >= 4 is 0 Å². The zero-order chi connectivity index (χ0) is 4.28. The topological polar surface area (TPSA) is 12.5 Å². The number of hydrogen-bond donors (Lipinski definition) is 0. The van der Waals surface area contributed by atoms with E-state index in [9.17, 15) is 0 Å². The molecule has 0 aromatic carbocycles. The molecule has 0 unspecified atom stereocenters. The molecule has 1 radical (unpaired) electrons. The SMILES string of the molecule is CON(C)C.[V]. The van der Waals surface area contributed by atoms with Crippen molar-refractivity contribution < 1.29 is 23.4 Å². The Kier molecular flexibility index (Phi) is 8.91. The molecule has 0 aliphatic carbocycles. The zero-order valence-corrected chi connectivity index (χ0v) is 5.70. The quantitative estimate of drug-likeness (QED) is 0.462. The molecule has 0 amide bonds. The van der Waals surface area contributed by atoms with Crippen LogP contribution in [0.3, 0.4) is 0 Å². The number of hydrogen-bond acceptors (Lipinski definition) is 2. The maximum absolute atomic E-state index is 4.58. The van der Waals surface area contributed by atoms with Gasteiger partial charge in [-0.3, -0.25) is 0 Å². The van der Waals surface area contributed by atoms with E-state index in [0.29, 0.717) is 0 Å². The van der Waals surface area contributed by atoms with E-state index < -0.39 is 0 Å². The molecule has 6 heavy (non-hydrogen) atoms. The summed E-state index contributed by atoms with van der Waals surface area (Å²) in [5, 5.41) is 1.62. The number of rotatable bonds is 1. The average molecular weight is 126 g/mol. The van der Waals surface area contributed by atoms with Crippen LogP contribution >= 0.6 is 0 Å². The second-order valence-electron chi connectivity index (χ2n) is 0.995. The van der Waals surface area contributed by atoms with Gasteiger partial charge in [0.25, 0.3) is 0 Å². The molecule has 0 saturated heterocycles. The first-order chi connectivity index (χ1) is 2.27. The van der Waals surface area contributed by atoms with Crippen molar-refractivity contribution in [1.82, 2.24) is 5.06 Å². The largest absolute Gasteiger partial charge is 0.303 e. The molecular weight excluding hydrogens is 117 g/mol. The molecule has 0 saturated carbocycles. The second kappa shape index (κ2) is 5.50. The van der Waals surface area contributed by atoms with Gasteiger partial charge in [-0.15, -0.1) is 0 Å². The van der Waals surface area contributed by atoms with Crippen molar-refractivity contribution in [3.8, 4) is 0 Å². The third-order valence-electron chi connectivity index (χ3n) is 0.365. The summed E-state index contributed by atoms with van der Waals surface area (Å²) in [5.74, 6) is 0. The van der Waals surface area contributed by atoms with Crippen LogP contribution in [0.5, 0.6) is 0 Å². The monoisotopic (exact) mass is 126 g/mol. The summed E-state index contributed by atoms with van der Waals surface area (Å²) >= 11 is 0. The Bertz CT molecular complexity index is 24.8. The normalized spacial score (nSPS) is 8.00. The standard InChI is InChI=1S/C3H9NO.V/c1-4(2)5-3;/h1-3H3;. The average Bonchev–Trinajstić information content (AvgIpc) is 1.38. The van der Waals surface area contributed by atoms with Crippen molar-refractivity contribution in [2.24, 2.45) is 0 Å². The van der Waals surface area contributed by atoms with E-state index in [4.69, 9.17) is 0 Å². The molecule has 37 valence electrons. The van der Waals surface area contributed by atoms with Crippen LogP contribution in [0, 0.1) is 0 Å². The molecule has 0 aliphatic heterocycles. The van der Waals surface area contributed by atoms with Crippen LogP contribution in [0.4, 0.5) is 0 Å². The molecule has 0 spiro atoms. The molecule has 3 heteroatoms. The molecule has 0 aliphatic rings. The van der Waals surface area contributed by atoms with Crippen molar-refractivity contribution in [3.63, 3.8) is 0 Å². The maximum atomic E-state index is 4.58. The van der Waals surface area contributed by atoms with Crippen molar-refractivity contribution in [2.75, 3.05) is 21.2 Å². The molecule has 2 nitrogen and oxygen atoms in total. The minimum absolute atomic E-state index is 0. The summed E-state index contributed by atoms with van der Waals surface area (Å²) in [4.78, 5) is 4.58. The number of hydroxylamine groups is 2. The van der Waals surface area contributed by atoms with Crippen LogP contribution in [0.2, 0.25) is 0 Å². The fourth-order valence-electron chi connectivity index (χ4n) is 0. The second-order valence-corrected chi connectivity index (χ2v) is 0.995. The van der Waals surface area contributed by atoms with Crippen LogP contribution in [0.25, 0.3) is 0 Å². The Morgan fingerprint density at radius 1 is 1.33 bits per heavy atom. The fraction of sp³-hybridized carbons (Fsp3) is 1.00. The third kappa shape index (κ3) is 8.82. The van der Waals surface area contributed by atoms with E-state index in [1.165, 1.54) is 0 Å². The molecule has 0 N–H and O–H groups in total. The molecule has 0 heterocycles. The van der Waals surface area contributed by atoms with Crippen LogP contribution in [0.15, 0.2) is 0 Å². The van der Waals surface area contributed by atoms with Gasteiger partial charge < -0.3 is 4.84 Å². The van der Waals surface area contributed by atoms with Gasteiger partial charge in [0.1, 0.15) is 0 Å². The Morgan fingerprint density at radius 3 is 1.50 bits per heavy atom. The zero-order valence-electron chi connectivity index (χ0n) is 4.30. The van der Waals surface area contributed by atoms with Crippen LogP contribution < -0.4 is 0 Å². The Balaban J connectivity index is 0. The van der Waals surface area contributed by atoms with Crippen molar-refractivity contribution in [3.05, 3.63) is 0 Å². The van der Waals surface area contributed by atoms with E-state index in [-0.39, 0.29) is 18.6 Å². The van der Waals surface area contributed by atoms with E-state index in [2.05, 4.69) is 4.84 Å². The van der Waals surface area contributed by atoms with E-state index >= 15 is 0 Å². The summed E-state index contributed by atoms with van der Waals surface area (Å²) in [5.41, 5.74) is 0. The van der Waals surface area contributed by atoms with E-state index in [0.717, 1.165) is 0 Å². The minimum atomic E-state index is 0. The predicted octanol–water partition coefficient (Wildman–Crippen LogP) is 0.107. The third-order valence-corrected chi connectivity index (χ3v) is 0.365. The van der Waals surface area contributed by atoms with Gasteiger partial charge in [0.2, 0.25) is 0 Å².